The van der Waals surface area contributed by atoms with Gasteiger partial charge in [-0.25, -0.2) is 0 Å². The van der Waals surface area contributed by atoms with Gasteiger partial charge in [-0.1, -0.05) is 12.1 Å². The summed E-state index contributed by atoms with van der Waals surface area (Å²) in [5, 5.41) is 13.0. The average molecular weight is 237 g/mol. The predicted molar refractivity (Wildman–Crippen MR) is 70.3 cm³/mol. The van der Waals surface area contributed by atoms with Gasteiger partial charge >= 0.3 is 0 Å². The minimum absolute atomic E-state index is 0.281. The number of methoxy groups -OCH3 is 1. The Labute approximate surface area is 104 Å². The van der Waals surface area contributed by atoms with Crippen LogP contribution < -0.4 is 10.1 Å². The fourth-order valence-corrected chi connectivity index (χ4v) is 1.61. The number of rotatable bonds is 6. The largest absolute Gasteiger partial charge is 0.497 e. The van der Waals surface area contributed by atoms with E-state index in [1.54, 1.807) is 7.11 Å². The second-order valence-electron chi connectivity index (χ2n) is 5.01. The lowest BCUT2D eigenvalue weighted by atomic mass is 10.0. The van der Waals surface area contributed by atoms with Gasteiger partial charge in [0.1, 0.15) is 5.75 Å². The predicted octanol–water partition coefficient (Wildman–Crippen LogP) is 2.51. The molecule has 0 fully saturated rings. The van der Waals surface area contributed by atoms with Crippen molar-refractivity contribution < 1.29 is 9.84 Å². The molecule has 1 aromatic rings. The van der Waals surface area contributed by atoms with E-state index in [0.29, 0.717) is 0 Å². The zero-order valence-corrected chi connectivity index (χ0v) is 11.2. The van der Waals surface area contributed by atoms with Crippen LogP contribution in [0.15, 0.2) is 24.3 Å². The molecule has 0 heterocycles. The second-order valence-corrected chi connectivity index (χ2v) is 5.01. The maximum atomic E-state index is 9.61. The number of hydrogen-bond acceptors (Lipinski definition) is 3. The maximum absolute atomic E-state index is 9.61. The number of ether oxygens (including phenoxy) is 1. The van der Waals surface area contributed by atoms with Crippen LogP contribution in [0.4, 0.5) is 0 Å². The molecule has 0 amide bonds. The first-order valence-corrected chi connectivity index (χ1v) is 6.02. The van der Waals surface area contributed by atoms with Crippen molar-refractivity contribution in [1.29, 1.82) is 0 Å². The van der Waals surface area contributed by atoms with E-state index in [1.807, 2.05) is 26.0 Å². The summed E-state index contributed by atoms with van der Waals surface area (Å²) in [4.78, 5) is 0. The number of hydrogen-bond donors (Lipinski definition) is 2. The molecule has 1 aromatic carbocycles. The van der Waals surface area contributed by atoms with Gasteiger partial charge in [0.15, 0.2) is 0 Å². The quantitative estimate of drug-likeness (QED) is 0.798. The molecule has 96 valence electrons. The Morgan fingerprint density at radius 2 is 1.88 bits per heavy atom. The lowest BCUT2D eigenvalue weighted by Gasteiger charge is -2.20. The summed E-state index contributed by atoms with van der Waals surface area (Å²) < 4.78 is 5.12. The second kappa shape index (κ2) is 6.03. The molecule has 0 saturated carbocycles. The number of aliphatic hydroxyl groups is 1. The van der Waals surface area contributed by atoms with Crippen molar-refractivity contribution in [3.63, 3.8) is 0 Å². The van der Waals surface area contributed by atoms with Crippen molar-refractivity contribution in [1.82, 2.24) is 5.32 Å². The van der Waals surface area contributed by atoms with Gasteiger partial charge in [-0.2, -0.15) is 0 Å². The summed E-state index contributed by atoms with van der Waals surface area (Å²) in [7, 11) is 1.67. The fraction of sp³-hybridized carbons (Fsp3) is 0.571. The normalized spacial score (nSPS) is 13.5. The van der Waals surface area contributed by atoms with Gasteiger partial charge in [0.2, 0.25) is 0 Å². The fourth-order valence-electron chi connectivity index (χ4n) is 1.61. The van der Waals surface area contributed by atoms with Crippen molar-refractivity contribution in [2.45, 2.75) is 38.8 Å². The Balaban J connectivity index is 2.43. The van der Waals surface area contributed by atoms with Crippen LogP contribution in [0.5, 0.6) is 5.75 Å². The van der Waals surface area contributed by atoms with E-state index in [1.165, 1.54) is 5.56 Å². The van der Waals surface area contributed by atoms with Gasteiger partial charge in [0, 0.05) is 6.04 Å². The molecule has 3 nitrogen and oxygen atoms in total. The highest BCUT2D eigenvalue weighted by Crippen LogP contribution is 2.17. The third kappa shape index (κ3) is 5.20. The van der Waals surface area contributed by atoms with Gasteiger partial charge in [-0.15, -0.1) is 0 Å². The van der Waals surface area contributed by atoms with Crippen molar-refractivity contribution >= 4 is 0 Å². The molecule has 0 saturated heterocycles. The van der Waals surface area contributed by atoms with Crippen LogP contribution in [-0.4, -0.2) is 24.4 Å². The van der Waals surface area contributed by atoms with Crippen LogP contribution in [0.3, 0.4) is 0 Å². The summed E-state index contributed by atoms with van der Waals surface area (Å²) in [6, 6.07) is 8.32. The van der Waals surface area contributed by atoms with E-state index in [9.17, 15) is 5.11 Å². The van der Waals surface area contributed by atoms with Crippen LogP contribution in [0.1, 0.15) is 38.8 Å². The third-order valence-electron chi connectivity index (χ3n) is 2.80. The highest BCUT2D eigenvalue weighted by molar-refractivity contribution is 5.28. The zero-order chi connectivity index (χ0) is 12.9. The third-order valence-corrected chi connectivity index (χ3v) is 2.80. The van der Waals surface area contributed by atoms with Crippen LogP contribution >= 0.6 is 0 Å². The lowest BCUT2D eigenvalue weighted by Crippen LogP contribution is -2.28. The lowest BCUT2D eigenvalue weighted by molar-refractivity contribution is 0.0705. The SMILES string of the molecule is COc1ccc([C@@H](C)NCCC(C)(C)O)cc1. The molecule has 0 aliphatic carbocycles. The molecule has 0 aromatic heterocycles. The van der Waals surface area contributed by atoms with E-state index >= 15 is 0 Å². The smallest absolute Gasteiger partial charge is 0.118 e. The van der Waals surface area contributed by atoms with E-state index in [2.05, 4.69) is 24.4 Å². The summed E-state index contributed by atoms with van der Waals surface area (Å²) in [6.07, 6.45) is 0.744. The van der Waals surface area contributed by atoms with Crippen molar-refractivity contribution in [3.8, 4) is 5.75 Å². The molecule has 0 bridgehead atoms. The monoisotopic (exact) mass is 237 g/mol. The number of benzene rings is 1. The molecule has 0 unspecified atom stereocenters. The molecule has 3 heteroatoms. The van der Waals surface area contributed by atoms with Crippen LogP contribution in [0.2, 0.25) is 0 Å². The molecule has 0 aliphatic heterocycles. The number of nitrogens with one attached hydrogen (secondary N) is 1. The topological polar surface area (TPSA) is 41.5 Å². The summed E-state index contributed by atoms with van der Waals surface area (Å²) in [5.41, 5.74) is 0.619. The van der Waals surface area contributed by atoms with Gasteiger partial charge in [-0.05, 0) is 51.4 Å². The Morgan fingerprint density at radius 1 is 1.29 bits per heavy atom. The Hall–Kier alpha value is -1.06. The molecule has 17 heavy (non-hydrogen) atoms. The van der Waals surface area contributed by atoms with Crippen LogP contribution in [0.25, 0.3) is 0 Å². The molecule has 2 N–H and O–H groups in total. The Bertz CT molecular complexity index is 327. The Morgan fingerprint density at radius 3 is 2.35 bits per heavy atom. The first kappa shape index (κ1) is 14.0. The van der Waals surface area contributed by atoms with E-state index in [-0.39, 0.29) is 6.04 Å². The maximum Gasteiger partial charge on any atom is 0.118 e. The Kier molecular flexibility index (Phi) is 4.97. The van der Waals surface area contributed by atoms with Gasteiger partial charge in [-0.3, -0.25) is 0 Å². The molecular formula is C14H23NO2. The van der Waals surface area contributed by atoms with E-state index in [0.717, 1.165) is 18.7 Å². The van der Waals surface area contributed by atoms with Gasteiger partial charge in [0.05, 0.1) is 12.7 Å². The first-order valence-electron chi connectivity index (χ1n) is 6.02. The highest BCUT2D eigenvalue weighted by Gasteiger charge is 2.12. The average Bonchev–Trinajstić information content (AvgIpc) is 2.27. The molecule has 1 atom stereocenters. The minimum Gasteiger partial charge on any atom is -0.497 e. The minimum atomic E-state index is -0.605. The van der Waals surface area contributed by atoms with Gasteiger partial charge < -0.3 is 15.2 Å². The van der Waals surface area contributed by atoms with Crippen molar-refractivity contribution in [2.24, 2.45) is 0 Å². The molecule has 0 radical (unpaired) electrons. The standard InChI is InChI=1S/C14H23NO2/c1-11(15-10-9-14(2,3)16)12-5-7-13(17-4)8-6-12/h5-8,11,15-16H,9-10H2,1-4H3/t11-/m1/s1. The summed E-state index contributed by atoms with van der Waals surface area (Å²) in [5.74, 6) is 0.873. The zero-order valence-electron chi connectivity index (χ0n) is 11.2. The van der Waals surface area contributed by atoms with E-state index < -0.39 is 5.60 Å². The van der Waals surface area contributed by atoms with E-state index in [4.69, 9.17) is 4.74 Å². The van der Waals surface area contributed by atoms with Crippen LogP contribution in [-0.2, 0) is 0 Å². The molecule has 1 rings (SSSR count). The summed E-state index contributed by atoms with van der Waals surface area (Å²) >= 11 is 0. The highest BCUT2D eigenvalue weighted by atomic mass is 16.5. The van der Waals surface area contributed by atoms with Crippen LogP contribution in [0, 0.1) is 0 Å². The summed E-state index contributed by atoms with van der Waals surface area (Å²) in [6.45, 7) is 6.57. The van der Waals surface area contributed by atoms with Crippen molar-refractivity contribution in [2.75, 3.05) is 13.7 Å². The first-order chi connectivity index (χ1) is 7.92. The molecule has 0 spiro atoms. The molecular weight excluding hydrogens is 214 g/mol. The van der Waals surface area contributed by atoms with Gasteiger partial charge in [0.25, 0.3) is 0 Å². The molecule has 0 aliphatic rings. The van der Waals surface area contributed by atoms with Crippen molar-refractivity contribution in [3.05, 3.63) is 29.8 Å².